The van der Waals surface area contributed by atoms with Crippen LogP contribution < -0.4 is 27.0 Å². The zero-order valence-corrected chi connectivity index (χ0v) is 34.3. The van der Waals surface area contributed by atoms with Gasteiger partial charge in [-0.05, 0) is 67.3 Å². The van der Waals surface area contributed by atoms with Crippen LogP contribution in [0, 0.1) is 11.6 Å². The average Bonchev–Trinajstić information content (AvgIpc) is 3.28. The molecule has 14 heteroatoms. The van der Waals surface area contributed by atoms with Gasteiger partial charge in [-0.25, -0.2) is 18.7 Å². The van der Waals surface area contributed by atoms with Crippen LogP contribution in [0.3, 0.4) is 0 Å². The van der Waals surface area contributed by atoms with Crippen LogP contribution in [-0.4, -0.2) is 76.9 Å². The summed E-state index contributed by atoms with van der Waals surface area (Å²) in [6, 6.07) is 35.8. The largest absolute Gasteiger partial charge is 0.465 e. The summed E-state index contributed by atoms with van der Waals surface area (Å²) in [7, 11) is 0. The molecule has 0 aliphatic rings. The third-order valence-electron chi connectivity index (χ3n) is 10.1. The highest BCUT2D eigenvalue weighted by molar-refractivity contribution is 5.89. The Bertz CT molecular complexity index is 2390. The molecule has 0 saturated heterocycles. The summed E-state index contributed by atoms with van der Waals surface area (Å²) >= 11 is 0. The van der Waals surface area contributed by atoms with Crippen LogP contribution in [0.1, 0.15) is 41.4 Å². The topological polar surface area (TPSA) is 184 Å². The van der Waals surface area contributed by atoms with E-state index >= 15 is 0 Å². The molecule has 62 heavy (non-hydrogen) atoms. The van der Waals surface area contributed by atoms with E-state index in [0.717, 1.165) is 22.3 Å². The van der Waals surface area contributed by atoms with Crippen molar-refractivity contribution < 1.29 is 33.3 Å². The number of aliphatic hydroxyl groups is 2. The average molecular weight is 844 g/mol. The van der Waals surface area contributed by atoms with Crippen molar-refractivity contribution in [2.45, 2.75) is 44.1 Å². The lowest BCUT2D eigenvalue weighted by Gasteiger charge is -2.28. The van der Waals surface area contributed by atoms with Gasteiger partial charge in [0, 0.05) is 48.4 Å². The fraction of sp³-hybridized carbons (Fsp3) is 0.250. The lowest BCUT2D eigenvalue weighted by Crippen LogP contribution is -2.59. The minimum Gasteiger partial charge on any atom is -0.465 e. The number of amides is 1. The van der Waals surface area contributed by atoms with Crippen LogP contribution in [-0.2, 0) is 27.2 Å². The normalized spacial score (nSPS) is 13.1. The fourth-order valence-electron chi connectivity index (χ4n) is 6.98. The zero-order valence-electron chi connectivity index (χ0n) is 34.3. The van der Waals surface area contributed by atoms with Crippen molar-refractivity contribution in [3.63, 3.8) is 0 Å². The number of pyridine rings is 2. The summed E-state index contributed by atoms with van der Waals surface area (Å²) < 4.78 is 33.1. The summed E-state index contributed by atoms with van der Waals surface area (Å²) in [6.07, 6.45) is -1.53. The molecule has 12 nitrogen and oxygen atoms in total. The molecule has 0 fully saturated rings. The number of nitrogens with zero attached hydrogens (tertiary/aromatic N) is 2. The van der Waals surface area contributed by atoms with E-state index in [1.54, 1.807) is 43.3 Å². The first-order valence-electron chi connectivity index (χ1n) is 20.5. The number of nitrogens with one attached hydrogen (secondary N) is 4. The molecule has 2 aromatic heterocycles. The van der Waals surface area contributed by atoms with Crippen LogP contribution in [0.5, 0.6) is 0 Å². The number of rotatable bonds is 22. The van der Waals surface area contributed by atoms with E-state index < -0.39 is 36.2 Å². The standard InChI is InChI=1S/C48H51F2N7O5/c1-2-62-48(61)44(55-30-42(59)38-20-22-40(34-15-7-4-8-16-34)57-47(38)53-26-24-32-12-10-18-36(50)28-32)43(45(51)60)54-29-41(58)37-19-21-39(33-13-5-3-6-14-33)56-46(37)52-25-23-31-11-9-17-35(49)27-31/h3-22,27-28,41-44,54-55,58-59H,2,23-26,29-30H2,1H3,(H2,51,60)(H,52,56)(H,53,57). The molecular formula is C48H51F2N7O5. The second kappa shape index (κ2) is 22.3. The van der Waals surface area contributed by atoms with Crippen LogP contribution in [0.25, 0.3) is 22.5 Å². The quantitative estimate of drug-likeness (QED) is 0.0391. The molecule has 322 valence electrons. The van der Waals surface area contributed by atoms with Gasteiger partial charge in [0.05, 0.1) is 30.2 Å². The molecule has 6 rings (SSSR count). The lowest BCUT2D eigenvalue weighted by atomic mass is 10.0. The highest BCUT2D eigenvalue weighted by atomic mass is 19.1. The van der Waals surface area contributed by atoms with Gasteiger partial charge >= 0.3 is 5.97 Å². The molecule has 0 spiro atoms. The minimum atomic E-state index is -1.39. The summed E-state index contributed by atoms with van der Waals surface area (Å²) in [5, 5.41) is 35.7. The van der Waals surface area contributed by atoms with E-state index in [1.165, 1.54) is 24.3 Å². The second-order valence-electron chi connectivity index (χ2n) is 14.6. The van der Waals surface area contributed by atoms with Gasteiger partial charge in [-0.3, -0.25) is 14.9 Å². The molecule has 6 aromatic rings. The number of hydrogen-bond acceptors (Lipinski definition) is 11. The number of carbonyl (C=O) groups excluding carboxylic acids is 2. The van der Waals surface area contributed by atoms with Crippen LogP contribution in [0.15, 0.2) is 133 Å². The van der Waals surface area contributed by atoms with Crippen molar-refractivity contribution in [2.75, 3.05) is 43.4 Å². The van der Waals surface area contributed by atoms with Gasteiger partial charge in [-0.2, -0.15) is 0 Å². The number of aromatic nitrogens is 2. The molecule has 8 N–H and O–H groups in total. The summed E-state index contributed by atoms with van der Waals surface area (Å²) in [6.45, 7) is 1.91. The third-order valence-corrected chi connectivity index (χ3v) is 10.1. The van der Waals surface area contributed by atoms with Crippen molar-refractivity contribution >= 4 is 23.5 Å². The van der Waals surface area contributed by atoms with Crippen molar-refractivity contribution in [1.29, 1.82) is 0 Å². The van der Waals surface area contributed by atoms with Gasteiger partial charge in [0.15, 0.2) is 0 Å². The molecule has 0 aliphatic carbocycles. The highest BCUT2D eigenvalue weighted by Gasteiger charge is 2.35. The molecule has 4 unspecified atom stereocenters. The summed E-state index contributed by atoms with van der Waals surface area (Å²) in [4.78, 5) is 36.1. The maximum atomic E-state index is 13.9. The van der Waals surface area contributed by atoms with E-state index in [-0.39, 0.29) is 31.3 Å². The molecule has 0 radical (unpaired) electrons. The van der Waals surface area contributed by atoms with Crippen LogP contribution >= 0.6 is 0 Å². The Morgan fingerprint density at radius 1 is 0.629 bits per heavy atom. The van der Waals surface area contributed by atoms with Gasteiger partial charge in [-0.1, -0.05) is 97.1 Å². The summed E-state index contributed by atoms with van der Waals surface area (Å²) in [5.74, 6) is -1.63. The first-order valence-corrected chi connectivity index (χ1v) is 20.5. The second-order valence-corrected chi connectivity index (χ2v) is 14.6. The molecule has 2 heterocycles. The lowest BCUT2D eigenvalue weighted by molar-refractivity contribution is -0.148. The minimum absolute atomic E-state index is 0.00199. The number of ether oxygens (including phenoxy) is 1. The van der Waals surface area contributed by atoms with Gasteiger partial charge in [-0.15, -0.1) is 0 Å². The van der Waals surface area contributed by atoms with E-state index in [2.05, 4.69) is 21.3 Å². The van der Waals surface area contributed by atoms with Gasteiger partial charge in [0.1, 0.15) is 35.4 Å². The van der Waals surface area contributed by atoms with E-state index in [1.807, 2.05) is 72.8 Å². The SMILES string of the molecule is CCOC(=O)C(NCC(O)c1ccc(-c2ccccc2)nc1NCCc1cccc(F)c1)C(NCC(O)c1ccc(-c2ccccc2)nc1NCCc1cccc(F)c1)C(N)=O. The first-order chi connectivity index (χ1) is 30.1. The van der Waals surface area contributed by atoms with Crippen molar-refractivity contribution in [3.05, 3.63) is 167 Å². The maximum absolute atomic E-state index is 13.9. The van der Waals surface area contributed by atoms with Gasteiger partial charge < -0.3 is 36.6 Å². The number of aliphatic hydroxyl groups excluding tert-OH is 2. The van der Waals surface area contributed by atoms with E-state index in [4.69, 9.17) is 20.4 Å². The molecule has 4 atom stereocenters. The smallest absolute Gasteiger partial charge is 0.325 e. The molecule has 1 amide bonds. The molecule has 0 aliphatic heterocycles. The van der Waals surface area contributed by atoms with Crippen LogP contribution in [0.4, 0.5) is 20.4 Å². The Hall–Kier alpha value is -6.58. The Kier molecular flexibility index (Phi) is 16.2. The summed E-state index contributed by atoms with van der Waals surface area (Å²) in [5.41, 5.74) is 11.3. The predicted molar refractivity (Wildman–Crippen MR) is 236 cm³/mol. The molecule has 0 bridgehead atoms. The number of esters is 1. The number of benzene rings is 4. The fourth-order valence-corrected chi connectivity index (χ4v) is 6.98. The van der Waals surface area contributed by atoms with Crippen molar-refractivity contribution in [2.24, 2.45) is 5.73 Å². The maximum Gasteiger partial charge on any atom is 0.325 e. The van der Waals surface area contributed by atoms with E-state index in [0.29, 0.717) is 60.1 Å². The predicted octanol–water partition coefficient (Wildman–Crippen LogP) is 6.13. The monoisotopic (exact) mass is 843 g/mol. The Morgan fingerprint density at radius 3 is 1.50 bits per heavy atom. The first kappa shape index (κ1) is 45.0. The molecule has 0 saturated carbocycles. The molecular weight excluding hydrogens is 793 g/mol. The number of carbonyl (C=O) groups is 2. The van der Waals surface area contributed by atoms with E-state index in [9.17, 15) is 28.6 Å². The van der Waals surface area contributed by atoms with Crippen LogP contribution in [0.2, 0.25) is 0 Å². The highest BCUT2D eigenvalue weighted by Crippen LogP contribution is 2.28. The van der Waals surface area contributed by atoms with Gasteiger partial charge in [0.2, 0.25) is 5.91 Å². The Balaban J connectivity index is 1.18. The van der Waals surface area contributed by atoms with Crippen molar-refractivity contribution in [1.82, 2.24) is 20.6 Å². The third kappa shape index (κ3) is 12.5. The van der Waals surface area contributed by atoms with Crippen molar-refractivity contribution in [3.8, 4) is 22.5 Å². The zero-order chi connectivity index (χ0) is 43.8. The number of halogens is 2. The Morgan fingerprint density at radius 2 is 1.08 bits per heavy atom. The number of nitrogens with two attached hydrogens (primary N) is 1. The number of hydrogen-bond donors (Lipinski definition) is 7. The number of anilines is 2. The molecule has 4 aromatic carbocycles. The number of primary amides is 1. The van der Waals surface area contributed by atoms with Gasteiger partial charge in [0.25, 0.3) is 0 Å². The Labute approximate surface area is 359 Å².